The van der Waals surface area contributed by atoms with Gasteiger partial charge in [-0.3, -0.25) is 4.79 Å². The molecule has 0 spiro atoms. The van der Waals surface area contributed by atoms with Gasteiger partial charge in [-0.1, -0.05) is 24.3 Å². The average molecular weight is 278 g/mol. The van der Waals surface area contributed by atoms with Crippen LogP contribution in [0.4, 0.5) is 0 Å². The van der Waals surface area contributed by atoms with Crippen LogP contribution in [-0.2, 0) is 22.6 Å². The Kier molecular flexibility index (Phi) is 4.36. The third kappa shape index (κ3) is 3.15. The number of amides is 1. The van der Waals surface area contributed by atoms with Gasteiger partial charge in [-0.15, -0.1) is 0 Å². The van der Waals surface area contributed by atoms with Crippen LogP contribution in [0.3, 0.4) is 0 Å². The molecule has 0 aliphatic carbocycles. The number of carbonyl (C=O) groups excluding carboxylic acids is 1. The van der Waals surface area contributed by atoms with Gasteiger partial charge in [-0.2, -0.15) is 0 Å². The minimum absolute atomic E-state index is 0.409. The number of aliphatic hydroxyl groups excluding tert-OH is 1. The summed E-state index contributed by atoms with van der Waals surface area (Å²) < 4.78 is 0. The van der Waals surface area contributed by atoms with Crippen molar-refractivity contribution in [1.82, 2.24) is 10.6 Å². The van der Waals surface area contributed by atoms with E-state index < -0.39 is 30.1 Å². The highest BCUT2D eigenvalue weighted by atomic mass is 16.4. The maximum Gasteiger partial charge on any atom is 0.328 e. The first kappa shape index (κ1) is 14.5. The van der Waals surface area contributed by atoms with Gasteiger partial charge in [-0.25, -0.2) is 4.79 Å². The second-order valence-electron chi connectivity index (χ2n) is 4.97. The lowest BCUT2D eigenvalue weighted by molar-refractivity contribution is -0.145. The number of carboxylic acids is 1. The molecule has 4 N–H and O–H groups in total. The smallest absolute Gasteiger partial charge is 0.328 e. The number of fused-ring (bicyclic) bond motifs is 1. The summed E-state index contributed by atoms with van der Waals surface area (Å²) in [5.74, 6) is -1.66. The summed E-state index contributed by atoms with van der Waals surface area (Å²) in [7, 11) is 0. The highest BCUT2D eigenvalue weighted by molar-refractivity contribution is 5.87. The van der Waals surface area contributed by atoms with Crippen LogP contribution in [-0.4, -0.2) is 40.3 Å². The van der Waals surface area contributed by atoms with Crippen LogP contribution in [0.5, 0.6) is 0 Å². The number of hydrogen-bond donors (Lipinski definition) is 4. The Morgan fingerprint density at radius 3 is 2.60 bits per heavy atom. The van der Waals surface area contributed by atoms with Crippen molar-refractivity contribution in [2.24, 2.45) is 0 Å². The van der Waals surface area contributed by atoms with Gasteiger partial charge in [0, 0.05) is 6.54 Å². The van der Waals surface area contributed by atoms with E-state index in [-0.39, 0.29) is 0 Å². The van der Waals surface area contributed by atoms with Gasteiger partial charge < -0.3 is 20.8 Å². The number of aliphatic hydroxyl groups is 1. The predicted molar refractivity (Wildman–Crippen MR) is 72.0 cm³/mol. The molecule has 3 atom stereocenters. The Morgan fingerprint density at radius 1 is 1.35 bits per heavy atom. The van der Waals surface area contributed by atoms with E-state index in [4.69, 9.17) is 5.11 Å². The van der Waals surface area contributed by atoms with Crippen LogP contribution in [0.2, 0.25) is 0 Å². The Morgan fingerprint density at radius 2 is 2.00 bits per heavy atom. The molecule has 6 heteroatoms. The molecule has 2 rings (SSSR count). The first-order valence-electron chi connectivity index (χ1n) is 6.50. The maximum atomic E-state index is 12.1. The average Bonchev–Trinajstić information content (AvgIpc) is 2.43. The quantitative estimate of drug-likeness (QED) is 0.603. The van der Waals surface area contributed by atoms with Crippen molar-refractivity contribution in [2.45, 2.75) is 38.1 Å². The Labute approximate surface area is 116 Å². The molecule has 1 heterocycles. The molecule has 0 fully saturated rings. The lowest BCUT2D eigenvalue weighted by Crippen LogP contribution is -2.55. The van der Waals surface area contributed by atoms with E-state index in [0.29, 0.717) is 13.0 Å². The fourth-order valence-corrected chi connectivity index (χ4v) is 2.28. The van der Waals surface area contributed by atoms with Gasteiger partial charge >= 0.3 is 5.97 Å². The molecule has 1 amide bonds. The minimum atomic E-state index is -1.29. The van der Waals surface area contributed by atoms with Crippen LogP contribution >= 0.6 is 0 Å². The van der Waals surface area contributed by atoms with Gasteiger partial charge in [0.15, 0.2) is 6.04 Å². The van der Waals surface area contributed by atoms with Gasteiger partial charge in [0.05, 0.1) is 12.1 Å². The van der Waals surface area contributed by atoms with Crippen LogP contribution < -0.4 is 10.6 Å². The summed E-state index contributed by atoms with van der Waals surface area (Å²) in [5.41, 5.74) is 2.22. The molecule has 1 aliphatic heterocycles. The zero-order chi connectivity index (χ0) is 14.7. The summed E-state index contributed by atoms with van der Waals surface area (Å²) >= 11 is 0. The van der Waals surface area contributed by atoms with Crippen molar-refractivity contribution in [1.29, 1.82) is 0 Å². The monoisotopic (exact) mass is 278 g/mol. The number of carbonyl (C=O) groups is 2. The highest BCUT2D eigenvalue weighted by Crippen LogP contribution is 2.16. The Balaban J connectivity index is 2.03. The van der Waals surface area contributed by atoms with Crippen molar-refractivity contribution in [3.8, 4) is 0 Å². The Bertz CT molecular complexity index is 516. The first-order chi connectivity index (χ1) is 9.49. The topological polar surface area (TPSA) is 98.7 Å². The van der Waals surface area contributed by atoms with Crippen LogP contribution in [0.15, 0.2) is 24.3 Å². The summed E-state index contributed by atoms with van der Waals surface area (Å²) in [4.78, 5) is 23.0. The molecule has 1 aromatic carbocycles. The summed E-state index contributed by atoms with van der Waals surface area (Å²) in [6.07, 6.45) is -0.638. The van der Waals surface area contributed by atoms with Crippen LogP contribution in [0.25, 0.3) is 0 Å². The third-order valence-electron chi connectivity index (χ3n) is 3.44. The standard InChI is InChI=1S/C14H18N2O4/c1-8(17)12(14(19)20)16-13(18)11-6-9-4-2-3-5-10(9)7-15-11/h2-5,8,11-12,15,17H,6-7H2,1H3,(H,16,18)(H,19,20)/t8-,11-,12+/m1/s1. The number of carboxylic acid groups (broad SMARTS) is 1. The molecule has 0 saturated heterocycles. The molecule has 108 valence electrons. The van der Waals surface area contributed by atoms with Crippen molar-refractivity contribution < 1.29 is 19.8 Å². The van der Waals surface area contributed by atoms with E-state index in [1.54, 1.807) is 0 Å². The van der Waals surface area contributed by atoms with E-state index >= 15 is 0 Å². The lowest BCUT2D eigenvalue weighted by atomic mass is 9.95. The molecule has 1 aromatic rings. The van der Waals surface area contributed by atoms with E-state index in [1.807, 2.05) is 24.3 Å². The minimum Gasteiger partial charge on any atom is -0.480 e. The fraction of sp³-hybridized carbons (Fsp3) is 0.429. The van der Waals surface area contributed by atoms with Crippen LogP contribution in [0, 0.1) is 0 Å². The van der Waals surface area contributed by atoms with Gasteiger partial charge in [0.25, 0.3) is 0 Å². The fourth-order valence-electron chi connectivity index (χ4n) is 2.28. The molecule has 1 aliphatic rings. The van der Waals surface area contributed by atoms with Gasteiger partial charge in [0.1, 0.15) is 0 Å². The second-order valence-corrected chi connectivity index (χ2v) is 4.97. The third-order valence-corrected chi connectivity index (χ3v) is 3.44. The van der Waals surface area contributed by atoms with Crippen LogP contribution in [0.1, 0.15) is 18.1 Å². The number of nitrogens with one attached hydrogen (secondary N) is 2. The van der Waals surface area contributed by atoms with E-state index in [1.165, 1.54) is 6.92 Å². The lowest BCUT2D eigenvalue weighted by Gasteiger charge is -2.27. The normalized spacial score (nSPS) is 20.6. The molecule has 0 radical (unpaired) electrons. The summed E-state index contributed by atoms with van der Waals surface area (Å²) in [6.45, 7) is 1.91. The maximum absolute atomic E-state index is 12.1. The second kappa shape index (κ2) is 6.02. The predicted octanol–water partition coefficient (Wildman–Crippen LogP) is -0.349. The van der Waals surface area contributed by atoms with Gasteiger partial charge in [0.2, 0.25) is 5.91 Å². The SMILES string of the molecule is C[C@@H](O)[C@H](NC(=O)[C@H]1Cc2ccccc2CN1)C(=O)O. The van der Waals surface area contributed by atoms with E-state index in [0.717, 1.165) is 11.1 Å². The van der Waals surface area contributed by atoms with Crippen molar-refractivity contribution in [2.75, 3.05) is 0 Å². The summed E-state index contributed by atoms with van der Waals surface area (Å²) in [5, 5.41) is 23.8. The molecule has 0 aromatic heterocycles. The molecule has 20 heavy (non-hydrogen) atoms. The Hall–Kier alpha value is -1.92. The number of rotatable bonds is 4. The van der Waals surface area contributed by atoms with Crippen molar-refractivity contribution in [3.63, 3.8) is 0 Å². The largest absolute Gasteiger partial charge is 0.480 e. The van der Waals surface area contributed by atoms with Crippen molar-refractivity contribution >= 4 is 11.9 Å². The zero-order valence-electron chi connectivity index (χ0n) is 11.2. The molecular formula is C14H18N2O4. The molecule has 6 nitrogen and oxygen atoms in total. The highest BCUT2D eigenvalue weighted by Gasteiger charge is 2.30. The number of benzene rings is 1. The van der Waals surface area contributed by atoms with Crippen molar-refractivity contribution in [3.05, 3.63) is 35.4 Å². The molecule has 0 bridgehead atoms. The molecule has 0 saturated carbocycles. The summed E-state index contributed by atoms with van der Waals surface area (Å²) in [6, 6.07) is 6.03. The number of aliphatic carboxylic acids is 1. The first-order valence-corrected chi connectivity index (χ1v) is 6.50. The van der Waals surface area contributed by atoms with Gasteiger partial charge in [-0.05, 0) is 24.5 Å². The van der Waals surface area contributed by atoms with E-state index in [2.05, 4.69) is 10.6 Å². The number of hydrogen-bond acceptors (Lipinski definition) is 4. The molecule has 0 unspecified atom stereocenters. The van der Waals surface area contributed by atoms with E-state index in [9.17, 15) is 14.7 Å². The zero-order valence-corrected chi connectivity index (χ0v) is 11.2. The molecular weight excluding hydrogens is 260 g/mol.